The number of nitrogens with one attached hydrogen (secondary N) is 1. The molecule has 3 aromatic rings. The Hall–Kier alpha value is -3.88. The molecule has 0 saturated carbocycles. The molecule has 0 radical (unpaired) electrons. The number of non-ortho nitro benzene ring substituents is 1. The van der Waals surface area contributed by atoms with E-state index in [2.05, 4.69) is 20.5 Å². The van der Waals surface area contributed by atoms with Crippen LogP contribution < -0.4 is 5.43 Å². The molecule has 3 rings (SSSR count). The first-order valence-electron chi connectivity index (χ1n) is 8.01. The van der Waals surface area contributed by atoms with E-state index in [1.165, 1.54) is 18.5 Å². The number of amides is 1. The van der Waals surface area contributed by atoms with E-state index in [4.69, 9.17) is 0 Å². The predicted molar refractivity (Wildman–Crippen MR) is 98.9 cm³/mol. The van der Waals surface area contributed by atoms with Gasteiger partial charge in [-0.15, -0.1) is 0 Å². The first-order valence-corrected chi connectivity index (χ1v) is 8.01. The van der Waals surface area contributed by atoms with Crippen LogP contribution in [0.1, 0.15) is 28.7 Å². The van der Waals surface area contributed by atoms with E-state index in [9.17, 15) is 14.9 Å². The molecule has 0 aliphatic rings. The lowest BCUT2D eigenvalue weighted by molar-refractivity contribution is -0.384. The fourth-order valence-electron chi connectivity index (χ4n) is 2.32. The van der Waals surface area contributed by atoms with Gasteiger partial charge in [0.05, 0.1) is 10.6 Å². The van der Waals surface area contributed by atoms with Crippen molar-refractivity contribution in [3.63, 3.8) is 0 Å². The van der Waals surface area contributed by atoms with E-state index < -0.39 is 10.8 Å². The second kappa shape index (κ2) is 7.56. The maximum atomic E-state index is 12.2. The average molecular weight is 364 g/mol. The summed E-state index contributed by atoms with van der Waals surface area (Å²) in [6, 6.07) is 11.5. The Morgan fingerprint density at radius 3 is 2.63 bits per heavy atom. The lowest BCUT2D eigenvalue weighted by atomic mass is 10.1. The zero-order chi connectivity index (χ0) is 19.4. The first-order chi connectivity index (χ1) is 12.9. The van der Waals surface area contributed by atoms with Crippen LogP contribution in [0.25, 0.3) is 5.82 Å². The zero-order valence-corrected chi connectivity index (χ0v) is 14.7. The third kappa shape index (κ3) is 4.21. The highest BCUT2D eigenvalue weighted by Crippen LogP contribution is 2.12. The molecular formula is C18H16N6O3. The summed E-state index contributed by atoms with van der Waals surface area (Å²) in [6.07, 6.45) is 3.07. The van der Waals surface area contributed by atoms with Crippen molar-refractivity contribution >= 4 is 17.3 Å². The Morgan fingerprint density at radius 1 is 1.22 bits per heavy atom. The summed E-state index contributed by atoms with van der Waals surface area (Å²) in [5, 5.41) is 14.7. The molecule has 2 heterocycles. The Balaban J connectivity index is 1.70. The van der Waals surface area contributed by atoms with Gasteiger partial charge in [-0.3, -0.25) is 19.5 Å². The highest BCUT2D eigenvalue weighted by molar-refractivity contribution is 6.00. The topological polar surface area (TPSA) is 115 Å². The second-order valence-corrected chi connectivity index (χ2v) is 5.75. The maximum Gasteiger partial charge on any atom is 0.291 e. The number of hydrogen-bond donors (Lipinski definition) is 1. The summed E-state index contributed by atoms with van der Waals surface area (Å²) in [6.45, 7) is 3.57. The van der Waals surface area contributed by atoms with Crippen LogP contribution >= 0.6 is 0 Å². The van der Waals surface area contributed by atoms with Gasteiger partial charge in [0.25, 0.3) is 11.6 Å². The molecule has 0 aliphatic carbocycles. The number of carbonyl (C=O) groups is 1. The minimum Gasteiger partial charge on any atom is -0.290 e. The summed E-state index contributed by atoms with van der Waals surface area (Å²) < 4.78 is 1.65. The van der Waals surface area contributed by atoms with Crippen LogP contribution in [-0.2, 0) is 0 Å². The fourth-order valence-corrected chi connectivity index (χ4v) is 2.32. The van der Waals surface area contributed by atoms with Crippen molar-refractivity contribution in [1.29, 1.82) is 0 Å². The number of hydrazone groups is 1. The molecule has 2 aromatic heterocycles. The molecular weight excluding hydrogens is 348 g/mol. The predicted octanol–water partition coefficient (Wildman–Crippen LogP) is 2.64. The molecule has 0 saturated heterocycles. The summed E-state index contributed by atoms with van der Waals surface area (Å²) in [7, 11) is 0. The number of carbonyl (C=O) groups excluding carboxylic acids is 1. The number of aryl methyl sites for hydroxylation is 1. The Kier molecular flexibility index (Phi) is 5.02. The summed E-state index contributed by atoms with van der Waals surface area (Å²) in [4.78, 5) is 30.9. The largest absolute Gasteiger partial charge is 0.291 e. The number of hydrogen-bond acceptors (Lipinski definition) is 6. The standard InChI is InChI=1S/C18H16N6O3/c1-12-4-3-5-17(20-12)23-10-16(19-11-23)18(25)22-21-13(2)14-6-8-15(9-7-14)24(26)27/h3-11H,1-2H3,(H,22,25)/b21-13+. The number of nitro groups is 1. The van der Waals surface area contributed by atoms with E-state index in [0.717, 1.165) is 5.69 Å². The van der Waals surface area contributed by atoms with Crippen molar-refractivity contribution in [2.24, 2.45) is 5.10 Å². The SMILES string of the molecule is C/C(=N\NC(=O)c1cn(-c2cccc(C)n2)cn1)c1ccc([N+](=O)[O-])cc1. The van der Waals surface area contributed by atoms with Crippen LogP contribution in [0.2, 0.25) is 0 Å². The number of pyridine rings is 1. The second-order valence-electron chi connectivity index (χ2n) is 5.75. The fraction of sp³-hybridized carbons (Fsp3) is 0.111. The summed E-state index contributed by atoms with van der Waals surface area (Å²) in [5.74, 6) is 0.190. The van der Waals surface area contributed by atoms with Gasteiger partial charge in [0, 0.05) is 24.0 Å². The van der Waals surface area contributed by atoms with Crippen LogP contribution in [0, 0.1) is 17.0 Å². The van der Waals surface area contributed by atoms with Crippen molar-refractivity contribution in [1.82, 2.24) is 20.0 Å². The van der Waals surface area contributed by atoms with Crippen LogP contribution in [-0.4, -0.2) is 31.1 Å². The zero-order valence-electron chi connectivity index (χ0n) is 14.7. The van der Waals surface area contributed by atoms with Crippen molar-refractivity contribution in [3.8, 4) is 5.82 Å². The number of imidazole rings is 1. The number of nitrogens with zero attached hydrogens (tertiary/aromatic N) is 5. The van der Waals surface area contributed by atoms with Gasteiger partial charge in [0.15, 0.2) is 0 Å². The Bertz CT molecular complexity index is 1020. The molecule has 27 heavy (non-hydrogen) atoms. The van der Waals surface area contributed by atoms with Gasteiger partial charge < -0.3 is 0 Å². The van der Waals surface area contributed by atoms with Crippen LogP contribution in [0.3, 0.4) is 0 Å². The van der Waals surface area contributed by atoms with Gasteiger partial charge in [-0.1, -0.05) is 6.07 Å². The van der Waals surface area contributed by atoms with E-state index in [1.54, 1.807) is 29.8 Å². The average Bonchev–Trinajstić information content (AvgIpc) is 3.16. The first kappa shape index (κ1) is 17.9. The van der Waals surface area contributed by atoms with E-state index in [1.807, 2.05) is 25.1 Å². The molecule has 1 N–H and O–H groups in total. The summed E-state index contributed by atoms with van der Waals surface area (Å²) >= 11 is 0. The smallest absolute Gasteiger partial charge is 0.290 e. The molecule has 0 unspecified atom stereocenters. The molecule has 136 valence electrons. The van der Waals surface area contributed by atoms with Crippen molar-refractivity contribution in [3.05, 3.63) is 82.1 Å². The molecule has 1 aromatic carbocycles. The number of aromatic nitrogens is 3. The highest BCUT2D eigenvalue weighted by Gasteiger charge is 2.11. The van der Waals surface area contributed by atoms with Crippen LogP contribution in [0.5, 0.6) is 0 Å². The molecule has 9 nitrogen and oxygen atoms in total. The van der Waals surface area contributed by atoms with E-state index in [-0.39, 0.29) is 11.4 Å². The highest BCUT2D eigenvalue weighted by atomic mass is 16.6. The molecule has 0 atom stereocenters. The van der Waals surface area contributed by atoms with Crippen LogP contribution in [0.15, 0.2) is 60.1 Å². The molecule has 0 bridgehead atoms. The van der Waals surface area contributed by atoms with Crippen molar-refractivity contribution in [2.45, 2.75) is 13.8 Å². The van der Waals surface area contributed by atoms with Gasteiger partial charge in [-0.2, -0.15) is 5.10 Å². The Morgan fingerprint density at radius 2 is 1.96 bits per heavy atom. The lowest BCUT2D eigenvalue weighted by Crippen LogP contribution is -2.19. The molecule has 1 amide bonds. The summed E-state index contributed by atoms with van der Waals surface area (Å²) in [5.41, 5.74) is 4.65. The van der Waals surface area contributed by atoms with E-state index >= 15 is 0 Å². The van der Waals surface area contributed by atoms with Crippen molar-refractivity contribution in [2.75, 3.05) is 0 Å². The molecule has 0 aliphatic heterocycles. The molecule has 9 heteroatoms. The van der Waals surface area contributed by atoms with Gasteiger partial charge in [-0.25, -0.2) is 15.4 Å². The lowest BCUT2D eigenvalue weighted by Gasteiger charge is -2.02. The van der Waals surface area contributed by atoms with Gasteiger partial charge in [0.1, 0.15) is 17.8 Å². The molecule has 0 spiro atoms. The normalized spacial score (nSPS) is 11.3. The number of nitro benzene ring substituents is 1. The van der Waals surface area contributed by atoms with Gasteiger partial charge in [-0.05, 0) is 43.7 Å². The van der Waals surface area contributed by atoms with Crippen molar-refractivity contribution < 1.29 is 9.72 Å². The van der Waals surface area contributed by atoms with E-state index in [0.29, 0.717) is 17.1 Å². The minimum atomic E-state index is -0.475. The number of benzene rings is 1. The quantitative estimate of drug-likeness (QED) is 0.424. The molecule has 0 fully saturated rings. The van der Waals surface area contributed by atoms with Gasteiger partial charge >= 0.3 is 0 Å². The third-order valence-electron chi connectivity index (χ3n) is 3.77. The Labute approximate surface area is 154 Å². The maximum absolute atomic E-state index is 12.2. The minimum absolute atomic E-state index is 0.00844. The van der Waals surface area contributed by atoms with Crippen LogP contribution in [0.4, 0.5) is 5.69 Å². The third-order valence-corrected chi connectivity index (χ3v) is 3.77. The number of rotatable bonds is 5. The monoisotopic (exact) mass is 364 g/mol. The van der Waals surface area contributed by atoms with Gasteiger partial charge in [0.2, 0.25) is 0 Å².